The number of fused-ring (bicyclic) bond motifs is 4. The number of benzene rings is 1. The predicted molar refractivity (Wildman–Crippen MR) is 204 cm³/mol. The van der Waals surface area contributed by atoms with Gasteiger partial charge >= 0.3 is 17.9 Å². The number of rotatable bonds is 10. The molecule has 1 aromatic rings. The van der Waals surface area contributed by atoms with Crippen molar-refractivity contribution in [3.05, 3.63) is 58.1 Å². The van der Waals surface area contributed by atoms with Gasteiger partial charge in [0.05, 0.1) is 51.2 Å². The number of aliphatic hydroxyl groups is 3. The number of ether oxygens (including phenoxy) is 7. The van der Waals surface area contributed by atoms with Crippen molar-refractivity contribution in [2.24, 2.45) is 5.41 Å². The lowest BCUT2D eigenvalue weighted by Gasteiger charge is -2.51. The maximum atomic E-state index is 13.3. The van der Waals surface area contributed by atoms with Crippen molar-refractivity contribution in [1.29, 1.82) is 0 Å². The van der Waals surface area contributed by atoms with Crippen LogP contribution in [0.4, 0.5) is 0 Å². The van der Waals surface area contributed by atoms with Crippen molar-refractivity contribution in [3.8, 4) is 0 Å². The largest absolute Gasteiger partial charge is 0.466 e. The Kier molecular flexibility index (Phi) is 17.8. The molecule has 308 valence electrons. The van der Waals surface area contributed by atoms with Crippen LogP contribution >= 0.6 is 15.9 Å². The molecule has 55 heavy (non-hydrogen) atoms. The first-order valence-corrected chi connectivity index (χ1v) is 20.3. The normalized spacial score (nSPS) is 32.2. The first-order chi connectivity index (χ1) is 26.3. The Balaban J connectivity index is 1.70. The third-order valence-electron chi connectivity index (χ3n) is 10.3. The van der Waals surface area contributed by atoms with Crippen LogP contribution in [0.5, 0.6) is 0 Å². The molecule has 3 aliphatic rings. The van der Waals surface area contributed by atoms with Gasteiger partial charge in [0.25, 0.3) is 0 Å². The van der Waals surface area contributed by atoms with Crippen molar-refractivity contribution >= 4 is 33.8 Å². The van der Waals surface area contributed by atoms with Gasteiger partial charge in [0.2, 0.25) is 5.79 Å². The van der Waals surface area contributed by atoms with Gasteiger partial charge in [-0.15, -0.1) is 0 Å². The van der Waals surface area contributed by atoms with Gasteiger partial charge in [-0.3, -0.25) is 9.59 Å². The fourth-order valence-corrected chi connectivity index (χ4v) is 7.48. The van der Waals surface area contributed by atoms with E-state index >= 15 is 0 Å². The summed E-state index contributed by atoms with van der Waals surface area (Å²) in [6, 6.07) is 7.74. The Bertz CT molecular complexity index is 1460. The Morgan fingerprint density at radius 2 is 1.80 bits per heavy atom. The zero-order valence-corrected chi connectivity index (χ0v) is 34.1. The highest BCUT2D eigenvalue weighted by Crippen LogP contribution is 2.47. The molecule has 2 saturated heterocycles. The second-order valence-corrected chi connectivity index (χ2v) is 16.0. The molecule has 0 saturated carbocycles. The van der Waals surface area contributed by atoms with E-state index < -0.39 is 72.5 Å². The lowest BCUT2D eigenvalue weighted by atomic mass is 9.74. The monoisotopic (exact) mass is 838 g/mol. The maximum Gasteiger partial charge on any atom is 0.330 e. The molecule has 3 heterocycles. The summed E-state index contributed by atoms with van der Waals surface area (Å²) in [5.74, 6) is -4.31. The van der Waals surface area contributed by atoms with Crippen molar-refractivity contribution in [3.63, 3.8) is 0 Å². The van der Waals surface area contributed by atoms with Crippen LogP contribution in [-0.4, -0.2) is 103 Å². The molecule has 0 spiro atoms. The van der Waals surface area contributed by atoms with Gasteiger partial charge in [0, 0.05) is 41.8 Å². The van der Waals surface area contributed by atoms with Gasteiger partial charge in [-0.05, 0) is 55.0 Å². The number of esters is 3. The van der Waals surface area contributed by atoms with Crippen LogP contribution in [0.25, 0.3) is 0 Å². The number of halogens is 1. The first-order valence-electron chi connectivity index (χ1n) is 19.5. The fourth-order valence-electron chi connectivity index (χ4n) is 7.06. The second-order valence-electron chi connectivity index (χ2n) is 15.1. The number of hydrogen-bond acceptors (Lipinski definition) is 13. The van der Waals surface area contributed by atoms with Crippen molar-refractivity contribution in [2.45, 2.75) is 147 Å². The summed E-state index contributed by atoms with van der Waals surface area (Å²) in [6.45, 7) is 5.47. The average molecular weight is 840 g/mol. The van der Waals surface area contributed by atoms with Crippen molar-refractivity contribution in [1.82, 2.24) is 0 Å². The van der Waals surface area contributed by atoms with Crippen LogP contribution in [0.2, 0.25) is 0 Å². The molecule has 0 amide bonds. The topological polar surface area (TPSA) is 177 Å². The average Bonchev–Trinajstić information content (AvgIpc) is 3.14. The lowest BCUT2D eigenvalue weighted by molar-refractivity contribution is -0.327. The Labute approximate surface area is 332 Å². The molecule has 0 radical (unpaired) electrons. The lowest BCUT2D eigenvalue weighted by Crippen LogP contribution is -2.62. The standard InChI is InChI=1S/C41H59BrO13/c1-5-6-7-8-9-13-35(45)54-39-28(22-36(46)49-4)21-32-24-33(26-43)52-37(47)23-30(44)15-18-50-34(27-11-10-12-29(42)20-27)25-31-16-19-51-38(53-31)14-17-40(2,3)41(39,48)55-32/h10-12,14,17,20,22,30-34,38-39,43-44,48H,5-9,13,15-16,18-19,21,23-26H2,1-4H3/b17-14+,28-22+/t30-,31+,32?,33+,34+,38+,39+,41-/m1/s1. The number of methoxy groups -OCH3 is 1. The smallest absolute Gasteiger partial charge is 0.330 e. The molecular weight excluding hydrogens is 780 g/mol. The molecule has 3 aliphatic heterocycles. The highest BCUT2D eigenvalue weighted by Gasteiger charge is 2.57. The Morgan fingerprint density at radius 1 is 1.04 bits per heavy atom. The van der Waals surface area contributed by atoms with Crippen molar-refractivity contribution < 1.29 is 62.9 Å². The fraction of sp³-hybridized carbons (Fsp3) is 0.683. The third kappa shape index (κ3) is 13.5. The van der Waals surface area contributed by atoms with Crippen LogP contribution in [0.3, 0.4) is 0 Å². The number of hydrogen-bond donors (Lipinski definition) is 3. The molecule has 4 bridgehead atoms. The minimum atomic E-state index is -2.28. The van der Waals surface area contributed by atoms with Gasteiger partial charge in [0.15, 0.2) is 12.4 Å². The number of cyclic esters (lactones) is 1. The highest BCUT2D eigenvalue weighted by molar-refractivity contribution is 9.10. The SMILES string of the molecule is CCCCCCCC(=O)O[C@H]1/C(=C/C(=O)OC)CC2C[C@@H](CO)OC(=O)C[C@H](O)CCO[C@H](c3cccc(Br)c3)C[C@@H]3CCO[C@H](/C=C/C(C)(C)[C@]1(O)O2)O3. The molecule has 14 heteroatoms. The first kappa shape index (κ1) is 45.0. The zero-order valence-electron chi connectivity index (χ0n) is 32.5. The Hall–Kier alpha value is -2.69. The minimum absolute atomic E-state index is 0.0185. The van der Waals surface area contributed by atoms with Crippen LogP contribution < -0.4 is 0 Å². The van der Waals surface area contributed by atoms with Gasteiger partial charge < -0.3 is 48.5 Å². The number of carbonyl (C=O) groups excluding carboxylic acids is 3. The summed E-state index contributed by atoms with van der Waals surface area (Å²) in [5, 5.41) is 33.7. The minimum Gasteiger partial charge on any atom is -0.466 e. The van der Waals surface area contributed by atoms with Crippen LogP contribution in [-0.2, 0) is 47.5 Å². The summed E-state index contributed by atoms with van der Waals surface area (Å²) in [6.07, 6.45) is 3.90. The van der Waals surface area contributed by atoms with Crippen LogP contribution in [0, 0.1) is 5.41 Å². The number of aliphatic hydroxyl groups excluding tert-OH is 2. The predicted octanol–water partition coefficient (Wildman–Crippen LogP) is 5.91. The van der Waals surface area contributed by atoms with Gasteiger partial charge in [-0.25, -0.2) is 4.79 Å². The quantitative estimate of drug-likeness (QED) is 0.0835. The summed E-state index contributed by atoms with van der Waals surface area (Å²) < 4.78 is 42.5. The molecule has 8 atom stereocenters. The van der Waals surface area contributed by atoms with Crippen LogP contribution in [0.1, 0.15) is 109 Å². The molecule has 0 aliphatic carbocycles. The number of carbonyl (C=O) groups is 3. The van der Waals surface area contributed by atoms with E-state index in [1.165, 1.54) is 13.2 Å². The van der Waals surface area contributed by atoms with E-state index in [1.807, 2.05) is 24.3 Å². The second kappa shape index (κ2) is 21.7. The maximum absolute atomic E-state index is 13.3. The zero-order chi connectivity index (χ0) is 40.0. The van der Waals surface area contributed by atoms with E-state index in [2.05, 4.69) is 22.9 Å². The molecule has 1 unspecified atom stereocenters. The number of unbranched alkanes of at least 4 members (excludes halogenated alkanes) is 4. The van der Waals surface area contributed by atoms with E-state index in [1.54, 1.807) is 26.0 Å². The van der Waals surface area contributed by atoms with E-state index in [4.69, 9.17) is 33.2 Å². The van der Waals surface area contributed by atoms with Gasteiger partial charge in [-0.2, -0.15) is 0 Å². The molecule has 0 aromatic heterocycles. The molecular formula is C41H59BrO13. The molecule has 4 rings (SSSR count). The Morgan fingerprint density at radius 3 is 2.53 bits per heavy atom. The summed E-state index contributed by atoms with van der Waals surface area (Å²) in [5.41, 5.74) is -0.191. The summed E-state index contributed by atoms with van der Waals surface area (Å²) in [4.78, 5) is 39.0. The molecule has 13 nitrogen and oxygen atoms in total. The van der Waals surface area contributed by atoms with Crippen molar-refractivity contribution in [2.75, 3.05) is 26.9 Å². The highest BCUT2D eigenvalue weighted by atomic mass is 79.9. The molecule has 3 N–H and O–H groups in total. The third-order valence-corrected chi connectivity index (χ3v) is 10.8. The van der Waals surface area contributed by atoms with E-state index in [9.17, 15) is 29.7 Å². The van der Waals surface area contributed by atoms with Gasteiger partial charge in [0.1, 0.15) is 6.10 Å². The van der Waals surface area contributed by atoms with E-state index in [0.717, 1.165) is 35.7 Å². The summed E-state index contributed by atoms with van der Waals surface area (Å²) >= 11 is 3.53. The van der Waals surface area contributed by atoms with Crippen LogP contribution in [0.15, 0.2) is 52.5 Å². The summed E-state index contributed by atoms with van der Waals surface area (Å²) in [7, 11) is 1.21. The molecule has 2 fully saturated rings. The van der Waals surface area contributed by atoms with Gasteiger partial charge in [-0.1, -0.05) is 80.6 Å². The van der Waals surface area contributed by atoms with E-state index in [-0.39, 0.29) is 50.4 Å². The van der Waals surface area contributed by atoms with E-state index in [0.29, 0.717) is 25.9 Å². The molecule has 1 aromatic carbocycles.